The van der Waals surface area contributed by atoms with Gasteiger partial charge in [-0.1, -0.05) is 57.3 Å². The molecule has 23 nitrogen and oxygen atoms in total. The zero-order valence-corrected chi connectivity index (χ0v) is 46.2. The highest BCUT2D eigenvalue weighted by atomic mass is 19.1. The van der Waals surface area contributed by atoms with E-state index < -0.39 is 96.9 Å². The van der Waals surface area contributed by atoms with Crippen LogP contribution in [0.3, 0.4) is 0 Å². The van der Waals surface area contributed by atoms with E-state index in [0.29, 0.717) is 98.7 Å². The molecule has 24 heteroatoms. The minimum atomic E-state index is -1.59. The van der Waals surface area contributed by atoms with E-state index in [1.54, 1.807) is 37.3 Å². The van der Waals surface area contributed by atoms with Crippen LogP contribution >= 0.6 is 0 Å². The third-order valence-electron chi connectivity index (χ3n) is 14.2. The largest absolute Gasteiger partial charge is 0.394 e. The Bertz CT molecular complexity index is 2540. The number of hydrogen-bond donors (Lipinski definition) is 11. The lowest BCUT2D eigenvalue weighted by atomic mass is 9.80. The number of amides is 5. The molecule has 1 saturated carbocycles. The van der Waals surface area contributed by atoms with Crippen molar-refractivity contribution < 1.29 is 82.3 Å². The van der Waals surface area contributed by atoms with Crippen molar-refractivity contribution in [3.05, 3.63) is 86.8 Å². The molecule has 2 heterocycles. The standard InChI is InChI=1S/C56H82FN7O16/c1-6-42-41(32-79-54(73)56(42,74)7-2)46(66)14-13-39-26-40-44(28-39)63-43(25-35(3)57)36(4)51(40)37(5)62-53(72)55(15-16-55)80-34-61-48(68)30-60-52(71)45(27-38-11-9-8-10-12-38)64-49(69)31-58-47(67)29-59-50(70)33-78-24-23-77-22-21-76-20-19-75-18-17-65/h8-12,25,37,39,45-46,53-54,62,65-66,72-74H,3-4,6-7,13-24,26-34H2,1-2,5H3,(H,58,67)(H,59,70)(H,60,71)(H,61,68)(H,64,69)/b43-25+/t37?,39?,45-,46?,53?,54-,56-/m0/s1. The number of aliphatic hydroxyl groups excluding tert-OH is 4. The number of aliphatic hydroxyl groups is 5. The van der Waals surface area contributed by atoms with E-state index in [1.807, 2.05) is 13.8 Å². The van der Waals surface area contributed by atoms with Gasteiger partial charge in [0.2, 0.25) is 29.5 Å². The summed E-state index contributed by atoms with van der Waals surface area (Å²) in [4.78, 5) is 68.7. The van der Waals surface area contributed by atoms with Crippen LogP contribution in [0.5, 0.6) is 0 Å². The Morgan fingerprint density at radius 3 is 2.14 bits per heavy atom. The van der Waals surface area contributed by atoms with Crippen LogP contribution in [0.4, 0.5) is 4.39 Å². The predicted molar refractivity (Wildman–Crippen MR) is 289 cm³/mol. The minimum absolute atomic E-state index is 0.00266. The molecule has 4 unspecified atom stereocenters. The van der Waals surface area contributed by atoms with Crippen molar-refractivity contribution in [2.75, 3.05) is 92.4 Å². The first-order valence-corrected chi connectivity index (χ1v) is 27.2. The van der Waals surface area contributed by atoms with E-state index in [9.17, 15) is 48.8 Å². The van der Waals surface area contributed by atoms with Gasteiger partial charge in [-0.15, -0.1) is 0 Å². The molecule has 0 saturated heterocycles. The van der Waals surface area contributed by atoms with Crippen molar-refractivity contribution in [3.8, 4) is 0 Å². The van der Waals surface area contributed by atoms with Crippen molar-refractivity contribution in [1.29, 1.82) is 0 Å². The number of ether oxygens (including phenoxy) is 6. The van der Waals surface area contributed by atoms with E-state index in [-0.39, 0.29) is 65.1 Å². The molecule has 1 aromatic carbocycles. The first kappa shape index (κ1) is 65.2. The molecule has 3 aliphatic rings. The van der Waals surface area contributed by atoms with Crippen LogP contribution in [0.15, 0.2) is 53.9 Å². The fourth-order valence-electron chi connectivity index (χ4n) is 9.76. The van der Waals surface area contributed by atoms with E-state index in [1.165, 1.54) is 6.08 Å². The number of hydrogen-bond acceptors (Lipinski definition) is 18. The lowest BCUT2D eigenvalue weighted by Gasteiger charge is -2.40. The van der Waals surface area contributed by atoms with Crippen LogP contribution < -0.4 is 42.5 Å². The highest BCUT2D eigenvalue weighted by molar-refractivity contribution is 5.92. The number of fused-ring (bicyclic) bond motifs is 1. The number of benzene rings is 1. The van der Waals surface area contributed by atoms with Gasteiger partial charge in [-0.25, -0.2) is 4.39 Å². The lowest BCUT2D eigenvalue weighted by molar-refractivity contribution is -0.207. The van der Waals surface area contributed by atoms with Gasteiger partial charge in [-0.05, 0) is 103 Å². The zero-order chi connectivity index (χ0) is 58.2. The molecule has 0 radical (unpaired) electrons. The maximum atomic E-state index is 14.3. The van der Waals surface area contributed by atoms with Crippen molar-refractivity contribution in [3.63, 3.8) is 0 Å². The molecule has 2 aliphatic carbocycles. The van der Waals surface area contributed by atoms with Gasteiger partial charge in [-0.2, -0.15) is 0 Å². The molecule has 11 N–H and O–H groups in total. The van der Waals surface area contributed by atoms with Crippen LogP contribution in [-0.2, 0) is 71.7 Å². The molecular weight excluding hydrogens is 1050 g/mol. The summed E-state index contributed by atoms with van der Waals surface area (Å²) in [6.07, 6.45) is 1.38. The Kier molecular flexibility index (Phi) is 26.7. The third kappa shape index (κ3) is 19.8. The first-order chi connectivity index (χ1) is 38.3. The Morgan fingerprint density at radius 2 is 1.50 bits per heavy atom. The number of pyridine rings is 1. The van der Waals surface area contributed by atoms with Crippen LogP contribution in [0.25, 0.3) is 12.7 Å². The summed E-state index contributed by atoms with van der Waals surface area (Å²) in [5, 5.41) is 69.7. The average molecular weight is 1130 g/mol. The summed E-state index contributed by atoms with van der Waals surface area (Å²) in [5.41, 5.74) is 1.58. The third-order valence-corrected chi connectivity index (χ3v) is 14.2. The first-order valence-electron chi connectivity index (χ1n) is 27.2. The normalized spacial score (nSPS) is 20.0. The van der Waals surface area contributed by atoms with Gasteiger partial charge in [0, 0.05) is 18.2 Å². The monoisotopic (exact) mass is 1130 g/mol. The number of rotatable bonds is 37. The summed E-state index contributed by atoms with van der Waals surface area (Å²) in [5.74, 6) is -3.90. The fraction of sp³-hybridized carbons (Fsp3) is 0.607. The maximum absolute atomic E-state index is 14.3. The van der Waals surface area contributed by atoms with Gasteiger partial charge in [0.25, 0.3) is 0 Å². The second-order valence-electron chi connectivity index (χ2n) is 20.0. The molecule has 0 spiro atoms. The summed E-state index contributed by atoms with van der Waals surface area (Å²) in [6.45, 7) is 12.9. The van der Waals surface area contributed by atoms with Gasteiger partial charge in [0.1, 0.15) is 42.6 Å². The molecule has 444 valence electrons. The Labute approximate surface area is 465 Å². The highest BCUT2D eigenvalue weighted by Crippen LogP contribution is 2.43. The molecule has 2 aromatic rings. The maximum Gasteiger partial charge on any atom is 0.246 e. The Balaban J connectivity index is 1.06. The molecule has 7 atom stereocenters. The number of carbonyl (C=O) groups excluding carboxylic acids is 5. The van der Waals surface area contributed by atoms with Gasteiger partial charge in [0.05, 0.1) is 90.5 Å². The molecular formula is C56H82FN7O16. The topological polar surface area (TPSA) is 327 Å². The van der Waals surface area contributed by atoms with Crippen LogP contribution in [0.1, 0.15) is 87.7 Å². The minimum Gasteiger partial charge on any atom is -0.394 e. The molecule has 0 bridgehead atoms. The summed E-state index contributed by atoms with van der Waals surface area (Å²) in [7, 11) is 0. The number of carbonyl (C=O) groups is 5. The smallest absolute Gasteiger partial charge is 0.246 e. The summed E-state index contributed by atoms with van der Waals surface area (Å²) >= 11 is 0. The van der Waals surface area contributed by atoms with Crippen LogP contribution in [0, 0.1) is 5.92 Å². The molecule has 5 rings (SSSR count). The van der Waals surface area contributed by atoms with E-state index in [2.05, 4.69) is 45.1 Å². The second-order valence-corrected chi connectivity index (χ2v) is 20.0. The Morgan fingerprint density at radius 1 is 0.875 bits per heavy atom. The number of nitrogens with one attached hydrogen (secondary N) is 6. The van der Waals surface area contributed by atoms with Crippen molar-refractivity contribution in [2.45, 2.75) is 120 Å². The SMILES string of the molecule is C=C(F)/C=c1/nc2c(c(C(C)NC(O)C3(OCNC(=O)CNC(=O)[C@H](Cc4ccccc4)NC(=O)CNC(=O)CNC(=O)COCCOCCOCCOCCO)CC3)c1=C)CC(CCC(O)C1=C(CC)[C@@](O)(CC)[C@@H](O)OC1)C2. The molecule has 1 aliphatic heterocycles. The molecule has 1 aromatic heterocycles. The number of aromatic nitrogens is 1. The molecule has 1 fully saturated rings. The van der Waals surface area contributed by atoms with Gasteiger partial charge in [0.15, 0.2) is 6.29 Å². The summed E-state index contributed by atoms with van der Waals surface area (Å²) < 4.78 is 46.8. The summed E-state index contributed by atoms with van der Waals surface area (Å²) in [6, 6.07) is 7.15. The van der Waals surface area contributed by atoms with E-state index in [4.69, 9.17) is 38.5 Å². The van der Waals surface area contributed by atoms with Gasteiger partial charge in [-0.3, -0.25) is 34.3 Å². The van der Waals surface area contributed by atoms with Crippen LogP contribution in [0.2, 0.25) is 0 Å². The van der Waals surface area contributed by atoms with Gasteiger partial charge < -0.3 is 80.5 Å². The number of allylic oxidation sites excluding steroid dienone is 1. The predicted octanol–water partition coefficient (Wildman–Crippen LogP) is -1.47. The van der Waals surface area contributed by atoms with Crippen molar-refractivity contribution >= 4 is 42.2 Å². The quantitative estimate of drug-likeness (QED) is 0.0209. The number of halogens is 1. The lowest BCUT2D eigenvalue weighted by Crippen LogP contribution is -2.52. The molecule has 5 amide bonds. The fourth-order valence-corrected chi connectivity index (χ4v) is 9.76. The molecule has 80 heavy (non-hydrogen) atoms. The zero-order valence-electron chi connectivity index (χ0n) is 46.2. The highest BCUT2D eigenvalue weighted by Gasteiger charge is 2.51. The van der Waals surface area contributed by atoms with Crippen molar-refractivity contribution in [2.24, 2.45) is 5.92 Å². The van der Waals surface area contributed by atoms with Crippen LogP contribution in [-0.4, -0.2) is 188 Å². The van der Waals surface area contributed by atoms with E-state index in [0.717, 1.165) is 16.8 Å². The van der Waals surface area contributed by atoms with Crippen molar-refractivity contribution in [1.82, 2.24) is 36.9 Å². The van der Waals surface area contributed by atoms with E-state index >= 15 is 0 Å². The average Bonchev–Trinajstić information content (AvgIpc) is 4.19. The Hall–Kier alpha value is -5.61. The second kappa shape index (κ2) is 32.7. The number of nitrogens with zero attached hydrogens (tertiary/aromatic N) is 1. The van der Waals surface area contributed by atoms with Gasteiger partial charge >= 0.3 is 0 Å².